The van der Waals surface area contributed by atoms with Crippen LogP contribution in [0, 0.1) is 13.8 Å². The van der Waals surface area contributed by atoms with Crippen molar-refractivity contribution >= 4 is 21.6 Å². The fourth-order valence-electron chi connectivity index (χ4n) is 2.18. The summed E-state index contributed by atoms with van der Waals surface area (Å²) in [5.41, 5.74) is 2.26. The molecule has 2 rings (SSSR count). The van der Waals surface area contributed by atoms with Crippen molar-refractivity contribution in [3.63, 3.8) is 0 Å². The number of para-hydroxylation sites is 1. The number of nitrogens with one attached hydrogen (secondary N) is 2. The Morgan fingerprint density at radius 2 is 1.74 bits per heavy atom. The third kappa shape index (κ3) is 3.90. The third-order valence-electron chi connectivity index (χ3n) is 3.47. The molecule has 0 fully saturated rings. The molecule has 5 nitrogen and oxygen atoms in total. The largest absolute Gasteiger partial charge is 0.352 e. The van der Waals surface area contributed by atoms with Crippen LogP contribution in [0.25, 0.3) is 0 Å². The van der Waals surface area contributed by atoms with E-state index >= 15 is 0 Å². The molecule has 122 valence electrons. The van der Waals surface area contributed by atoms with Gasteiger partial charge < -0.3 is 5.32 Å². The van der Waals surface area contributed by atoms with E-state index < -0.39 is 10.0 Å². The monoisotopic (exact) mass is 332 g/mol. The molecule has 0 saturated heterocycles. The number of carbonyl (C=O) groups is 1. The summed E-state index contributed by atoms with van der Waals surface area (Å²) in [4.78, 5) is 12.0. The molecule has 0 aliphatic carbocycles. The molecule has 1 amide bonds. The highest BCUT2D eigenvalue weighted by Gasteiger charge is 2.19. The minimum absolute atomic E-state index is 0.101. The van der Waals surface area contributed by atoms with Crippen LogP contribution in [0.1, 0.15) is 28.4 Å². The van der Waals surface area contributed by atoms with Gasteiger partial charge in [0, 0.05) is 12.1 Å². The summed E-state index contributed by atoms with van der Waals surface area (Å²) in [6.45, 7) is 5.82. The predicted molar refractivity (Wildman–Crippen MR) is 91.2 cm³/mol. The van der Waals surface area contributed by atoms with Gasteiger partial charge in [0.15, 0.2) is 0 Å². The van der Waals surface area contributed by atoms with Crippen LogP contribution < -0.4 is 10.0 Å². The first kappa shape index (κ1) is 17.0. The summed E-state index contributed by atoms with van der Waals surface area (Å²) in [6.07, 6.45) is 0. The zero-order valence-electron chi connectivity index (χ0n) is 13.4. The Hall–Kier alpha value is -2.34. The van der Waals surface area contributed by atoms with Gasteiger partial charge in [-0.2, -0.15) is 0 Å². The normalized spacial score (nSPS) is 11.1. The van der Waals surface area contributed by atoms with Gasteiger partial charge in [-0.15, -0.1) is 0 Å². The van der Waals surface area contributed by atoms with E-state index in [1.807, 2.05) is 26.0 Å². The van der Waals surface area contributed by atoms with Crippen LogP contribution in [-0.4, -0.2) is 20.9 Å². The minimum Gasteiger partial charge on any atom is -0.352 e. The molecule has 0 saturated carbocycles. The van der Waals surface area contributed by atoms with Crippen LogP contribution in [0.2, 0.25) is 0 Å². The van der Waals surface area contributed by atoms with Gasteiger partial charge in [0.25, 0.3) is 15.9 Å². The van der Waals surface area contributed by atoms with E-state index in [4.69, 9.17) is 0 Å². The number of hydrogen-bond acceptors (Lipinski definition) is 3. The number of aryl methyl sites for hydroxylation is 2. The van der Waals surface area contributed by atoms with E-state index in [1.54, 1.807) is 31.2 Å². The number of hydrogen-bond donors (Lipinski definition) is 2. The van der Waals surface area contributed by atoms with Gasteiger partial charge >= 0.3 is 0 Å². The van der Waals surface area contributed by atoms with Gasteiger partial charge in [0.2, 0.25) is 0 Å². The molecule has 23 heavy (non-hydrogen) atoms. The Morgan fingerprint density at radius 1 is 1.04 bits per heavy atom. The second-order valence-electron chi connectivity index (χ2n) is 5.26. The molecule has 0 heterocycles. The fourth-order valence-corrected chi connectivity index (χ4v) is 3.58. The first-order valence-electron chi connectivity index (χ1n) is 7.32. The van der Waals surface area contributed by atoms with Crippen molar-refractivity contribution in [1.82, 2.24) is 5.32 Å². The van der Waals surface area contributed by atoms with Crippen molar-refractivity contribution in [2.45, 2.75) is 25.7 Å². The van der Waals surface area contributed by atoms with Gasteiger partial charge in [-0.1, -0.05) is 24.3 Å². The standard InChI is InChI=1S/C17H20N2O3S/c1-4-18-17(20)14-10-9-13(3)16(11-14)23(21,22)19-15-8-6-5-7-12(15)2/h5-11,19H,4H2,1-3H3,(H,18,20). The quantitative estimate of drug-likeness (QED) is 0.884. The summed E-state index contributed by atoms with van der Waals surface area (Å²) in [5.74, 6) is -0.292. The minimum atomic E-state index is -3.77. The van der Waals surface area contributed by atoms with Crippen molar-refractivity contribution in [2.75, 3.05) is 11.3 Å². The molecule has 6 heteroatoms. The third-order valence-corrected chi connectivity index (χ3v) is 4.97. The predicted octanol–water partition coefficient (Wildman–Crippen LogP) is 2.85. The zero-order valence-corrected chi connectivity index (χ0v) is 14.2. The van der Waals surface area contributed by atoms with Gasteiger partial charge in [-0.25, -0.2) is 8.42 Å². The Kier molecular flexibility index (Phi) is 5.05. The molecule has 0 aliphatic rings. The number of anilines is 1. The molecule has 0 bridgehead atoms. The molecule has 0 aliphatic heterocycles. The van der Waals surface area contributed by atoms with Crippen molar-refractivity contribution in [3.05, 3.63) is 59.2 Å². The number of amides is 1. The highest BCUT2D eigenvalue weighted by molar-refractivity contribution is 7.92. The van der Waals surface area contributed by atoms with Crippen molar-refractivity contribution in [1.29, 1.82) is 0 Å². The summed E-state index contributed by atoms with van der Waals surface area (Å²) < 4.78 is 27.9. The average molecular weight is 332 g/mol. The van der Waals surface area contributed by atoms with Gasteiger partial charge in [0.1, 0.15) is 0 Å². The fraction of sp³-hybridized carbons (Fsp3) is 0.235. The van der Waals surface area contributed by atoms with Crippen molar-refractivity contribution in [2.24, 2.45) is 0 Å². The van der Waals surface area contributed by atoms with E-state index in [-0.39, 0.29) is 10.8 Å². The van der Waals surface area contributed by atoms with Gasteiger partial charge in [0.05, 0.1) is 10.6 Å². The molecule has 2 aromatic rings. The van der Waals surface area contributed by atoms with Crippen LogP contribution in [0.3, 0.4) is 0 Å². The highest BCUT2D eigenvalue weighted by atomic mass is 32.2. The maximum atomic E-state index is 12.7. The average Bonchev–Trinajstić information content (AvgIpc) is 2.50. The van der Waals surface area contributed by atoms with E-state index in [2.05, 4.69) is 10.0 Å². The lowest BCUT2D eigenvalue weighted by atomic mass is 10.1. The summed E-state index contributed by atoms with van der Waals surface area (Å²) in [6, 6.07) is 11.8. The Morgan fingerprint density at radius 3 is 2.39 bits per heavy atom. The van der Waals surface area contributed by atoms with Crippen LogP contribution in [0.5, 0.6) is 0 Å². The SMILES string of the molecule is CCNC(=O)c1ccc(C)c(S(=O)(=O)Nc2ccccc2C)c1. The van der Waals surface area contributed by atoms with Crippen LogP contribution in [0.4, 0.5) is 5.69 Å². The Labute approximate surface area is 136 Å². The molecule has 0 spiro atoms. The smallest absolute Gasteiger partial charge is 0.262 e. The first-order chi connectivity index (χ1) is 10.8. The molecule has 0 radical (unpaired) electrons. The lowest BCUT2D eigenvalue weighted by Crippen LogP contribution is -2.23. The summed E-state index contributed by atoms with van der Waals surface area (Å²) in [5, 5.41) is 2.66. The number of rotatable bonds is 5. The molecular weight excluding hydrogens is 312 g/mol. The van der Waals surface area contributed by atoms with E-state index in [0.717, 1.165) is 5.56 Å². The maximum Gasteiger partial charge on any atom is 0.262 e. The number of sulfonamides is 1. The molecule has 0 atom stereocenters. The Bertz CT molecular complexity index is 829. The molecule has 0 unspecified atom stereocenters. The van der Waals surface area contributed by atoms with E-state index in [9.17, 15) is 13.2 Å². The van der Waals surface area contributed by atoms with E-state index in [1.165, 1.54) is 6.07 Å². The molecular formula is C17H20N2O3S. The molecule has 0 aromatic heterocycles. The highest BCUT2D eigenvalue weighted by Crippen LogP contribution is 2.22. The second kappa shape index (κ2) is 6.83. The van der Waals surface area contributed by atoms with Crippen LogP contribution >= 0.6 is 0 Å². The van der Waals surface area contributed by atoms with Crippen molar-refractivity contribution < 1.29 is 13.2 Å². The van der Waals surface area contributed by atoms with Crippen LogP contribution in [-0.2, 0) is 10.0 Å². The lowest BCUT2D eigenvalue weighted by molar-refractivity contribution is 0.0955. The number of carbonyl (C=O) groups excluding carboxylic acids is 1. The lowest BCUT2D eigenvalue weighted by Gasteiger charge is -2.13. The van der Waals surface area contributed by atoms with E-state index in [0.29, 0.717) is 23.4 Å². The number of benzene rings is 2. The van der Waals surface area contributed by atoms with Gasteiger partial charge in [-0.3, -0.25) is 9.52 Å². The molecule has 2 aromatic carbocycles. The topological polar surface area (TPSA) is 75.3 Å². The van der Waals surface area contributed by atoms with Crippen LogP contribution in [0.15, 0.2) is 47.4 Å². The Balaban J connectivity index is 2.41. The molecule has 2 N–H and O–H groups in total. The zero-order chi connectivity index (χ0) is 17.0. The van der Waals surface area contributed by atoms with Crippen molar-refractivity contribution in [3.8, 4) is 0 Å². The summed E-state index contributed by atoms with van der Waals surface area (Å²) >= 11 is 0. The first-order valence-corrected chi connectivity index (χ1v) is 8.80. The second-order valence-corrected chi connectivity index (χ2v) is 6.91. The van der Waals surface area contributed by atoms with Gasteiger partial charge in [-0.05, 0) is 50.1 Å². The maximum absolute atomic E-state index is 12.7. The summed E-state index contributed by atoms with van der Waals surface area (Å²) in [7, 11) is -3.77.